The molecule has 0 bridgehead atoms. The van der Waals surface area contributed by atoms with Gasteiger partial charge in [0.1, 0.15) is 5.82 Å². The van der Waals surface area contributed by atoms with Gasteiger partial charge in [-0.1, -0.05) is 36.4 Å². The summed E-state index contributed by atoms with van der Waals surface area (Å²) in [6, 6.07) is 13.6. The molecule has 5 rings (SSSR count). The van der Waals surface area contributed by atoms with Crippen molar-refractivity contribution in [3.05, 3.63) is 65.0 Å². The number of methoxy groups -OCH3 is 2. The van der Waals surface area contributed by atoms with Crippen molar-refractivity contribution in [3.63, 3.8) is 0 Å². The predicted molar refractivity (Wildman–Crippen MR) is 135 cm³/mol. The van der Waals surface area contributed by atoms with Gasteiger partial charge in [0.2, 0.25) is 0 Å². The summed E-state index contributed by atoms with van der Waals surface area (Å²) in [5.41, 5.74) is 4.77. The lowest BCUT2D eigenvalue weighted by Gasteiger charge is -2.28. The summed E-state index contributed by atoms with van der Waals surface area (Å²) in [7, 11) is 3.16. The highest BCUT2D eigenvalue weighted by atomic mass is 16.5. The highest BCUT2D eigenvalue weighted by molar-refractivity contribution is 5.83. The highest BCUT2D eigenvalue weighted by Crippen LogP contribution is 2.38. The zero-order chi connectivity index (χ0) is 25.2. The van der Waals surface area contributed by atoms with E-state index in [1.165, 1.54) is 12.7 Å². The maximum absolute atomic E-state index is 12.4. The number of amides is 1. The minimum absolute atomic E-state index is 0.227. The van der Waals surface area contributed by atoms with Gasteiger partial charge in [-0.15, -0.1) is 0 Å². The summed E-state index contributed by atoms with van der Waals surface area (Å²) in [6.45, 7) is 1.34. The third kappa shape index (κ3) is 4.57. The monoisotopic (exact) mass is 491 g/mol. The van der Waals surface area contributed by atoms with Crippen LogP contribution in [-0.2, 0) is 33.8 Å². The molecule has 1 saturated carbocycles. The average Bonchev–Trinajstić information content (AvgIpc) is 3.30. The molecule has 8 nitrogen and oxygen atoms in total. The summed E-state index contributed by atoms with van der Waals surface area (Å²) in [5.74, 6) is -0.387. The zero-order valence-corrected chi connectivity index (χ0v) is 20.9. The first-order valence-electron chi connectivity index (χ1n) is 12.6. The van der Waals surface area contributed by atoms with Gasteiger partial charge in [-0.05, 0) is 49.3 Å². The molecule has 2 aromatic carbocycles. The fourth-order valence-electron chi connectivity index (χ4n) is 5.78. The van der Waals surface area contributed by atoms with Gasteiger partial charge in [-0.3, -0.25) is 4.79 Å². The van der Waals surface area contributed by atoms with Crippen LogP contribution in [0.5, 0.6) is 0 Å². The quantitative estimate of drug-likeness (QED) is 0.537. The Labute approximate surface area is 210 Å². The number of carbonyl (C=O) groups is 2. The second kappa shape index (κ2) is 10.3. The molecule has 2 aliphatic rings. The molecule has 2 heterocycles. The molecular weight excluding hydrogens is 458 g/mol. The topological polar surface area (TPSA) is 93.9 Å². The number of carbonyl (C=O) groups excluding carboxylic acids is 1. The maximum Gasteiger partial charge on any atom is 0.409 e. The molecule has 1 amide bonds. The van der Waals surface area contributed by atoms with E-state index in [0.29, 0.717) is 19.6 Å². The number of carboxylic acid groups (broad SMARTS) is 1. The molecule has 1 aromatic heterocycles. The number of aromatic nitrogens is 2. The number of fused-ring (bicyclic) bond motifs is 3. The lowest BCUT2D eigenvalue weighted by Crippen LogP contribution is -2.35. The van der Waals surface area contributed by atoms with Crippen LogP contribution in [0.4, 0.5) is 4.79 Å². The second-order valence-electron chi connectivity index (χ2n) is 9.80. The lowest BCUT2D eigenvalue weighted by molar-refractivity contribution is -0.139. The minimum Gasteiger partial charge on any atom is -0.481 e. The summed E-state index contributed by atoms with van der Waals surface area (Å²) in [4.78, 5) is 31.6. The van der Waals surface area contributed by atoms with E-state index in [4.69, 9.17) is 14.5 Å². The van der Waals surface area contributed by atoms with Gasteiger partial charge in [0.15, 0.2) is 0 Å². The highest BCUT2D eigenvalue weighted by Gasteiger charge is 2.31. The van der Waals surface area contributed by atoms with Crippen LogP contribution in [0.25, 0.3) is 11.0 Å². The van der Waals surface area contributed by atoms with Crippen LogP contribution in [0.2, 0.25) is 0 Å². The lowest BCUT2D eigenvalue weighted by atomic mass is 9.86. The molecule has 0 unspecified atom stereocenters. The molecular formula is C28H33N3O5. The van der Waals surface area contributed by atoms with Gasteiger partial charge in [0, 0.05) is 31.7 Å². The molecule has 1 atom stereocenters. The average molecular weight is 492 g/mol. The molecule has 1 N–H and O–H groups in total. The summed E-state index contributed by atoms with van der Waals surface area (Å²) < 4.78 is 12.7. The Morgan fingerprint density at radius 3 is 2.50 bits per heavy atom. The fraction of sp³-hybridized carbons (Fsp3) is 0.464. The van der Waals surface area contributed by atoms with Crippen LogP contribution < -0.4 is 0 Å². The van der Waals surface area contributed by atoms with E-state index in [9.17, 15) is 14.7 Å². The van der Waals surface area contributed by atoms with Gasteiger partial charge in [-0.2, -0.15) is 0 Å². The van der Waals surface area contributed by atoms with Crippen LogP contribution in [0.15, 0.2) is 42.5 Å². The van der Waals surface area contributed by atoms with Crippen molar-refractivity contribution in [1.82, 2.24) is 14.5 Å². The zero-order valence-electron chi connectivity index (χ0n) is 20.9. The summed E-state index contributed by atoms with van der Waals surface area (Å²) in [5, 5.41) is 10.2. The van der Waals surface area contributed by atoms with E-state index < -0.39 is 11.9 Å². The molecule has 1 aliphatic heterocycles. The van der Waals surface area contributed by atoms with Crippen LogP contribution in [-0.4, -0.2) is 58.5 Å². The van der Waals surface area contributed by atoms with E-state index in [2.05, 4.69) is 16.7 Å². The molecule has 36 heavy (non-hydrogen) atoms. The normalized spacial score (nSPS) is 20.7. The number of nitrogens with zero attached hydrogens (tertiary/aromatic N) is 3. The van der Waals surface area contributed by atoms with Crippen molar-refractivity contribution in [2.75, 3.05) is 20.8 Å². The van der Waals surface area contributed by atoms with Crippen molar-refractivity contribution < 1.29 is 24.2 Å². The Morgan fingerprint density at radius 2 is 1.83 bits per heavy atom. The fourth-order valence-corrected chi connectivity index (χ4v) is 5.78. The number of imidazole rings is 1. The van der Waals surface area contributed by atoms with Crippen LogP contribution in [0.3, 0.4) is 0 Å². The van der Waals surface area contributed by atoms with Crippen LogP contribution >= 0.6 is 0 Å². The number of hydrogen-bond acceptors (Lipinski definition) is 5. The predicted octanol–water partition coefficient (Wildman–Crippen LogP) is 4.70. The molecule has 0 radical (unpaired) electrons. The first kappa shape index (κ1) is 24.3. The van der Waals surface area contributed by atoms with Gasteiger partial charge in [0.25, 0.3) is 0 Å². The number of aliphatic carboxylic acids is 1. The van der Waals surface area contributed by atoms with Gasteiger partial charge < -0.3 is 24.0 Å². The first-order valence-corrected chi connectivity index (χ1v) is 12.6. The Hall–Kier alpha value is -3.39. The molecule has 0 saturated heterocycles. The van der Waals surface area contributed by atoms with Gasteiger partial charge in [0.05, 0.1) is 36.7 Å². The molecule has 0 spiro atoms. The Bertz CT molecular complexity index is 1250. The Morgan fingerprint density at radius 1 is 1.08 bits per heavy atom. The third-order valence-corrected chi connectivity index (χ3v) is 7.82. The van der Waals surface area contributed by atoms with Gasteiger partial charge in [-0.25, -0.2) is 9.78 Å². The van der Waals surface area contributed by atoms with Gasteiger partial charge >= 0.3 is 12.1 Å². The molecule has 1 fully saturated rings. The number of carboxylic acids is 1. The largest absolute Gasteiger partial charge is 0.481 e. The molecule has 1 aliphatic carbocycles. The molecule has 8 heteroatoms. The van der Waals surface area contributed by atoms with Crippen molar-refractivity contribution >= 4 is 23.1 Å². The molecule has 3 aromatic rings. The number of hydrogen-bond donors (Lipinski definition) is 1. The van der Waals surface area contributed by atoms with E-state index in [1.54, 1.807) is 12.0 Å². The number of ether oxygens (including phenoxy) is 2. The third-order valence-electron chi connectivity index (χ3n) is 7.82. The van der Waals surface area contributed by atoms with Crippen molar-refractivity contribution in [3.8, 4) is 0 Å². The SMILES string of the molecule is COC(=O)N1CCc2ccc3c(nc([C@H]4CC[C@H](OC)CC4)n3C[C@H](C(=O)O)c3ccccc3)c2C1. The second-order valence-corrected chi connectivity index (χ2v) is 9.80. The van der Waals surface area contributed by atoms with Crippen molar-refractivity contribution in [1.29, 1.82) is 0 Å². The maximum atomic E-state index is 12.4. The number of benzene rings is 2. The first-order chi connectivity index (χ1) is 17.5. The van der Waals surface area contributed by atoms with Crippen LogP contribution in [0, 0.1) is 0 Å². The Balaban J connectivity index is 1.60. The summed E-state index contributed by atoms with van der Waals surface area (Å²) >= 11 is 0. The minimum atomic E-state index is -0.855. The van der Waals surface area contributed by atoms with Crippen molar-refractivity contribution in [2.45, 2.75) is 63.1 Å². The van der Waals surface area contributed by atoms with E-state index in [0.717, 1.165) is 60.1 Å². The Kier molecular flexibility index (Phi) is 6.96. The number of rotatable bonds is 6. The standard InChI is InChI=1S/C28H33N3O5/c1-35-21-11-8-20(9-12-21)26-29-25-22-16-30(28(34)36-2)15-14-19(22)10-13-24(25)31(26)17-23(27(32)33)18-6-4-3-5-7-18/h3-7,10,13,20-21,23H,8-9,11-12,14-17H2,1-2H3,(H,32,33)/t20-,21-,23-/m0/s1. The van der Waals surface area contributed by atoms with E-state index in [1.807, 2.05) is 30.3 Å². The van der Waals surface area contributed by atoms with Crippen LogP contribution in [0.1, 0.15) is 60.0 Å². The molecule has 190 valence electrons. The van der Waals surface area contributed by atoms with E-state index in [-0.39, 0.29) is 18.1 Å². The smallest absolute Gasteiger partial charge is 0.409 e. The van der Waals surface area contributed by atoms with E-state index >= 15 is 0 Å². The van der Waals surface area contributed by atoms with Crippen molar-refractivity contribution in [2.24, 2.45) is 0 Å². The summed E-state index contributed by atoms with van der Waals surface area (Å²) in [6.07, 6.45) is 4.47.